The number of rotatable bonds is 9. The van der Waals surface area contributed by atoms with E-state index in [0.29, 0.717) is 6.42 Å². The lowest BCUT2D eigenvalue weighted by Gasteiger charge is -1.99. The predicted octanol–water partition coefficient (Wildman–Crippen LogP) is 3.85. The molecule has 0 radical (unpaired) electrons. The first-order valence-corrected chi connectivity index (χ1v) is 6.45. The Balaban J connectivity index is 1.87. The van der Waals surface area contributed by atoms with Gasteiger partial charge >= 0.3 is 5.97 Å². The van der Waals surface area contributed by atoms with Crippen molar-refractivity contribution in [3.05, 3.63) is 0 Å². The van der Waals surface area contributed by atoms with E-state index in [1.807, 2.05) is 0 Å². The highest BCUT2D eigenvalue weighted by Crippen LogP contribution is 2.45. The molecule has 2 nitrogen and oxygen atoms in total. The van der Waals surface area contributed by atoms with Crippen molar-refractivity contribution in [2.24, 2.45) is 11.8 Å². The van der Waals surface area contributed by atoms with Crippen molar-refractivity contribution < 1.29 is 9.90 Å². The Morgan fingerprint density at radius 3 is 2.40 bits per heavy atom. The fourth-order valence-electron chi connectivity index (χ4n) is 2.37. The first-order valence-electron chi connectivity index (χ1n) is 6.45. The Morgan fingerprint density at radius 2 is 1.80 bits per heavy atom. The highest BCUT2D eigenvalue weighted by atomic mass is 16.4. The summed E-state index contributed by atoms with van der Waals surface area (Å²) in [7, 11) is 0. The van der Waals surface area contributed by atoms with Crippen molar-refractivity contribution in [3.8, 4) is 0 Å². The van der Waals surface area contributed by atoms with Crippen molar-refractivity contribution in [1.82, 2.24) is 0 Å². The number of carboxylic acid groups (broad SMARTS) is 1. The predicted molar refractivity (Wildman–Crippen MR) is 61.8 cm³/mol. The quantitative estimate of drug-likeness (QED) is 0.589. The minimum absolute atomic E-state index is 0.360. The van der Waals surface area contributed by atoms with Crippen LogP contribution in [0.3, 0.4) is 0 Å². The zero-order chi connectivity index (χ0) is 11.1. The fourth-order valence-corrected chi connectivity index (χ4v) is 2.37. The monoisotopic (exact) mass is 212 g/mol. The standard InChI is InChI=1S/C13H24O2/c1-2-3-4-5-7-11-10-12(11)8-6-9-13(14)15/h11-12H,2-10H2,1H3,(H,14,15)/t11-,12+/m0/s1. The van der Waals surface area contributed by atoms with Crippen LogP contribution in [-0.4, -0.2) is 11.1 Å². The number of aliphatic carboxylic acids is 1. The number of unbranched alkanes of at least 4 members (excludes halogenated alkanes) is 3. The van der Waals surface area contributed by atoms with Gasteiger partial charge in [0.25, 0.3) is 0 Å². The summed E-state index contributed by atoms with van der Waals surface area (Å²) in [4.78, 5) is 10.3. The Labute approximate surface area is 93.1 Å². The topological polar surface area (TPSA) is 37.3 Å². The van der Waals surface area contributed by atoms with Crippen LogP contribution in [0.4, 0.5) is 0 Å². The lowest BCUT2D eigenvalue weighted by Crippen LogP contribution is -1.94. The van der Waals surface area contributed by atoms with Crippen LogP contribution in [-0.2, 0) is 4.79 Å². The lowest BCUT2D eigenvalue weighted by atomic mass is 10.1. The molecule has 1 aliphatic carbocycles. The van der Waals surface area contributed by atoms with Crippen LogP contribution in [0.1, 0.15) is 64.7 Å². The highest BCUT2D eigenvalue weighted by molar-refractivity contribution is 5.66. The molecular formula is C13H24O2. The van der Waals surface area contributed by atoms with E-state index in [4.69, 9.17) is 5.11 Å². The van der Waals surface area contributed by atoms with Crippen LogP contribution in [0.25, 0.3) is 0 Å². The maximum Gasteiger partial charge on any atom is 0.303 e. The summed E-state index contributed by atoms with van der Waals surface area (Å²) in [6.45, 7) is 2.24. The average Bonchev–Trinajstić information content (AvgIpc) is 2.91. The molecule has 0 bridgehead atoms. The molecule has 0 aromatic heterocycles. The van der Waals surface area contributed by atoms with E-state index in [2.05, 4.69) is 6.92 Å². The van der Waals surface area contributed by atoms with Crippen LogP contribution >= 0.6 is 0 Å². The Bertz CT molecular complexity index is 189. The van der Waals surface area contributed by atoms with Gasteiger partial charge in [0, 0.05) is 6.42 Å². The van der Waals surface area contributed by atoms with E-state index in [1.165, 1.54) is 38.5 Å². The second-order valence-electron chi connectivity index (χ2n) is 4.89. The molecule has 0 aliphatic heterocycles. The van der Waals surface area contributed by atoms with Gasteiger partial charge in [0.1, 0.15) is 0 Å². The second kappa shape index (κ2) is 6.86. The molecule has 1 fully saturated rings. The largest absolute Gasteiger partial charge is 0.481 e. The van der Waals surface area contributed by atoms with E-state index in [9.17, 15) is 4.79 Å². The highest BCUT2D eigenvalue weighted by Gasteiger charge is 2.35. The number of carboxylic acids is 1. The minimum Gasteiger partial charge on any atom is -0.481 e. The number of hydrogen-bond donors (Lipinski definition) is 1. The zero-order valence-electron chi connectivity index (χ0n) is 9.87. The van der Waals surface area contributed by atoms with Gasteiger partial charge in [0.15, 0.2) is 0 Å². The molecule has 0 saturated heterocycles. The van der Waals surface area contributed by atoms with Crippen molar-refractivity contribution >= 4 is 5.97 Å². The first kappa shape index (κ1) is 12.5. The van der Waals surface area contributed by atoms with E-state index < -0.39 is 5.97 Å². The molecule has 0 heterocycles. The third-order valence-electron chi connectivity index (χ3n) is 3.46. The minimum atomic E-state index is -0.643. The molecule has 1 aliphatic rings. The number of hydrogen-bond acceptors (Lipinski definition) is 1. The first-order chi connectivity index (χ1) is 7.24. The van der Waals surface area contributed by atoms with E-state index in [-0.39, 0.29) is 0 Å². The second-order valence-corrected chi connectivity index (χ2v) is 4.89. The van der Waals surface area contributed by atoms with Crippen LogP contribution < -0.4 is 0 Å². The van der Waals surface area contributed by atoms with Crippen LogP contribution in [0, 0.1) is 11.8 Å². The molecule has 1 saturated carbocycles. The molecule has 2 atom stereocenters. The summed E-state index contributed by atoms with van der Waals surface area (Å²) >= 11 is 0. The molecule has 15 heavy (non-hydrogen) atoms. The summed E-state index contributed by atoms with van der Waals surface area (Å²) < 4.78 is 0. The summed E-state index contributed by atoms with van der Waals surface area (Å²) in [5.41, 5.74) is 0. The SMILES string of the molecule is CCCCCC[C@H]1C[C@H]1CCCC(=O)O. The molecule has 2 heteroatoms. The van der Waals surface area contributed by atoms with Gasteiger partial charge in [-0.05, 0) is 31.1 Å². The molecule has 88 valence electrons. The van der Waals surface area contributed by atoms with Crippen molar-refractivity contribution in [1.29, 1.82) is 0 Å². The van der Waals surface area contributed by atoms with Gasteiger partial charge in [0.05, 0.1) is 0 Å². The van der Waals surface area contributed by atoms with Gasteiger partial charge in [-0.1, -0.05) is 39.0 Å². The van der Waals surface area contributed by atoms with Gasteiger partial charge < -0.3 is 5.11 Å². The molecule has 0 unspecified atom stereocenters. The molecule has 1 rings (SSSR count). The van der Waals surface area contributed by atoms with E-state index >= 15 is 0 Å². The van der Waals surface area contributed by atoms with Gasteiger partial charge in [-0.3, -0.25) is 4.79 Å². The molecule has 0 amide bonds. The van der Waals surface area contributed by atoms with Crippen LogP contribution in [0.2, 0.25) is 0 Å². The normalized spacial score (nSPS) is 24.1. The molecule has 0 spiro atoms. The van der Waals surface area contributed by atoms with Crippen LogP contribution in [0.5, 0.6) is 0 Å². The maximum absolute atomic E-state index is 10.3. The Hall–Kier alpha value is -0.530. The fraction of sp³-hybridized carbons (Fsp3) is 0.923. The zero-order valence-corrected chi connectivity index (χ0v) is 9.87. The number of carbonyl (C=O) groups is 1. The van der Waals surface area contributed by atoms with Gasteiger partial charge in [-0.2, -0.15) is 0 Å². The Morgan fingerprint density at radius 1 is 1.13 bits per heavy atom. The van der Waals surface area contributed by atoms with E-state index in [1.54, 1.807) is 0 Å². The van der Waals surface area contributed by atoms with E-state index in [0.717, 1.165) is 24.7 Å². The molecule has 0 aromatic carbocycles. The molecule has 1 N–H and O–H groups in total. The molecule has 0 aromatic rings. The van der Waals surface area contributed by atoms with Gasteiger partial charge in [-0.25, -0.2) is 0 Å². The van der Waals surface area contributed by atoms with Crippen molar-refractivity contribution in [2.75, 3.05) is 0 Å². The van der Waals surface area contributed by atoms with Gasteiger partial charge in [-0.15, -0.1) is 0 Å². The van der Waals surface area contributed by atoms with Gasteiger partial charge in [0.2, 0.25) is 0 Å². The van der Waals surface area contributed by atoms with Crippen molar-refractivity contribution in [3.63, 3.8) is 0 Å². The van der Waals surface area contributed by atoms with Crippen LogP contribution in [0.15, 0.2) is 0 Å². The Kier molecular flexibility index (Phi) is 5.74. The molecular weight excluding hydrogens is 188 g/mol. The smallest absolute Gasteiger partial charge is 0.303 e. The summed E-state index contributed by atoms with van der Waals surface area (Å²) in [6.07, 6.45) is 10.6. The summed E-state index contributed by atoms with van der Waals surface area (Å²) in [6, 6.07) is 0. The third-order valence-corrected chi connectivity index (χ3v) is 3.46. The summed E-state index contributed by atoms with van der Waals surface area (Å²) in [5.74, 6) is 1.16. The summed E-state index contributed by atoms with van der Waals surface area (Å²) in [5, 5.41) is 8.51. The maximum atomic E-state index is 10.3. The lowest BCUT2D eigenvalue weighted by molar-refractivity contribution is -0.137. The third kappa shape index (κ3) is 5.81. The average molecular weight is 212 g/mol. The van der Waals surface area contributed by atoms with Crippen molar-refractivity contribution in [2.45, 2.75) is 64.7 Å².